The molecule has 3 rings (SSSR count). The van der Waals surface area contributed by atoms with E-state index in [-0.39, 0.29) is 5.91 Å². The van der Waals surface area contributed by atoms with Crippen LogP contribution < -0.4 is 15.4 Å². The van der Waals surface area contributed by atoms with Crippen LogP contribution in [0.5, 0.6) is 5.75 Å². The number of amides is 1. The largest absolute Gasteiger partial charge is 0.489 e. The molecule has 2 N–H and O–H groups in total. The number of ether oxygens (including phenoxy) is 1. The second kappa shape index (κ2) is 5.38. The molecular formula is C14H12ClN3O2. The number of rotatable bonds is 2. The van der Waals surface area contributed by atoms with Crippen LogP contribution in [0.25, 0.3) is 0 Å². The molecule has 0 saturated carbocycles. The maximum Gasteiger partial charge on any atom is 0.259 e. The summed E-state index contributed by atoms with van der Waals surface area (Å²) in [6, 6.07) is 8.74. The third-order valence-corrected chi connectivity index (χ3v) is 3.13. The van der Waals surface area contributed by atoms with Crippen molar-refractivity contribution in [3.63, 3.8) is 0 Å². The van der Waals surface area contributed by atoms with E-state index in [9.17, 15) is 4.79 Å². The molecule has 0 saturated heterocycles. The fourth-order valence-corrected chi connectivity index (χ4v) is 2.11. The van der Waals surface area contributed by atoms with Crippen LogP contribution in [0.4, 0.5) is 11.4 Å². The number of benzene rings is 1. The molecule has 102 valence electrons. The first-order valence-electron chi connectivity index (χ1n) is 6.16. The molecule has 0 atom stereocenters. The van der Waals surface area contributed by atoms with Gasteiger partial charge in [0, 0.05) is 6.54 Å². The maximum absolute atomic E-state index is 12.3. The molecule has 2 heterocycles. The monoisotopic (exact) mass is 289 g/mol. The van der Waals surface area contributed by atoms with Gasteiger partial charge in [-0.2, -0.15) is 0 Å². The van der Waals surface area contributed by atoms with Gasteiger partial charge in [-0.25, -0.2) is 4.98 Å². The number of hydrogen-bond donors (Lipinski definition) is 2. The summed E-state index contributed by atoms with van der Waals surface area (Å²) in [7, 11) is 0. The van der Waals surface area contributed by atoms with Crippen LogP contribution in [0.15, 0.2) is 36.5 Å². The lowest BCUT2D eigenvalue weighted by atomic mass is 10.1. The average molecular weight is 290 g/mol. The second-order valence-electron chi connectivity index (χ2n) is 4.28. The van der Waals surface area contributed by atoms with E-state index in [1.54, 1.807) is 18.2 Å². The van der Waals surface area contributed by atoms with E-state index in [1.165, 1.54) is 6.20 Å². The molecule has 2 aromatic rings. The summed E-state index contributed by atoms with van der Waals surface area (Å²) in [6.07, 6.45) is 1.51. The Labute approximate surface area is 120 Å². The highest BCUT2D eigenvalue weighted by Crippen LogP contribution is 2.31. The molecule has 1 aliphatic heterocycles. The van der Waals surface area contributed by atoms with Crippen molar-refractivity contribution in [3.05, 3.63) is 47.2 Å². The highest BCUT2D eigenvalue weighted by Gasteiger charge is 2.19. The molecule has 0 bridgehead atoms. The predicted octanol–water partition coefficient (Wildman–Crippen LogP) is 2.79. The van der Waals surface area contributed by atoms with Crippen LogP contribution in [0, 0.1) is 0 Å². The highest BCUT2D eigenvalue weighted by molar-refractivity contribution is 6.29. The number of hydrogen-bond acceptors (Lipinski definition) is 4. The summed E-state index contributed by atoms with van der Waals surface area (Å²) in [5, 5.41) is 6.34. The zero-order valence-corrected chi connectivity index (χ0v) is 11.3. The number of nitrogens with zero attached hydrogens (tertiary/aromatic N) is 1. The van der Waals surface area contributed by atoms with Crippen LogP contribution in [0.1, 0.15) is 10.4 Å². The minimum absolute atomic E-state index is 0.241. The standard InChI is InChI=1S/C14H12ClN3O2/c15-12-5-4-9(8-17-12)18-14(19)10-2-1-3-11-13(10)20-7-6-16-11/h1-5,8,16H,6-7H2,(H,18,19). The van der Waals surface area contributed by atoms with Crippen molar-refractivity contribution in [1.29, 1.82) is 0 Å². The Morgan fingerprint density at radius 3 is 3.05 bits per heavy atom. The summed E-state index contributed by atoms with van der Waals surface area (Å²) < 4.78 is 5.57. The first kappa shape index (κ1) is 12.7. The molecule has 5 nitrogen and oxygen atoms in total. The zero-order valence-electron chi connectivity index (χ0n) is 10.5. The molecule has 1 aliphatic rings. The lowest BCUT2D eigenvalue weighted by molar-refractivity contribution is 0.102. The molecule has 1 aromatic carbocycles. The van der Waals surface area contributed by atoms with Gasteiger partial charge >= 0.3 is 0 Å². The average Bonchev–Trinajstić information content (AvgIpc) is 2.49. The number of anilines is 2. The van der Waals surface area contributed by atoms with Gasteiger partial charge in [-0.1, -0.05) is 17.7 Å². The zero-order chi connectivity index (χ0) is 13.9. The van der Waals surface area contributed by atoms with Crippen molar-refractivity contribution in [1.82, 2.24) is 4.98 Å². The number of fused-ring (bicyclic) bond motifs is 1. The van der Waals surface area contributed by atoms with Crippen LogP contribution in [-0.2, 0) is 0 Å². The van der Waals surface area contributed by atoms with Gasteiger partial charge in [0.2, 0.25) is 0 Å². The topological polar surface area (TPSA) is 63.2 Å². The number of carbonyl (C=O) groups is 1. The molecule has 20 heavy (non-hydrogen) atoms. The Balaban J connectivity index is 1.85. The SMILES string of the molecule is O=C(Nc1ccc(Cl)nc1)c1cccc2c1OCCN2. The minimum atomic E-state index is -0.241. The molecule has 0 aliphatic carbocycles. The first-order chi connectivity index (χ1) is 9.74. The summed E-state index contributed by atoms with van der Waals surface area (Å²) in [5.41, 5.74) is 1.91. The third kappa shape index (κ3) is 2.53. The summed E-state index contributed by atoms with van der Waals surface area (Å²) in [6.45, 7) is 1.28. The van der Waals surface area contributed by atoms with E-state index in [4.69, 9.17) is 16.3 Å². The number of carbonyl (C=O) groups excluding carboxylic acids is 1. The predicted molar refractivity (Wildman–Crippen MR) is 77.6 cm³/mol. The van der Waals surface area contributed by atoms with Crippen LogP contribution in [-0.4, -0.2) is 24.0 Å². The number of para-hydroxylation sites is 1. The first-order valence-corrected chi connectivity index (χ1v) is 6.54. The number of aromatic nitrogens is 1. The van der Waals surface area contributed by atoms with E-state index >= 15 is 0 Å². The molecule has 1 amide bonds. The van der Waals surface area contributed by atoms with Crippen molar-refractivity contribution in [2.75, 3.05) is 23.8 Å². The van der Waals surface area contributed by atoms with Crippen LogP contribution >= 0.6 is 11.6 Å². The minimum Gasteiger partial charge on any atom is -0.489 e. The molecule has 6 heteroatoms. The van der Waals surface area contributed by atoms with Gasteiger partial charge in [0.1, 0.15) is 11.8 Å². The quantitative estimate of drug-likeness (QED) is 0.835. The lowest BCUT2D eigenvalue weighted by Crippen LogP contribution is -2.21. The van der Waals surface area contributed by atoms with Crippen LogP contribution in [0.2, 0.25) is 5.15 Å². The normalized spacial score (nSPS) is 12.8. The van der Waals surface area contributed by atoms with E-state index in [1.807, 2.05) is 12.1 Å². The summed E-state index contributed by atoms with van der Waals surface area (Å²) in [4.78, 5) is 16.2. The smallest absolute Gasteiger partial charge is 0.259 e. The second-order valence-corrected chi connectivity index (χ2v) is 4.67. The number of pyridine rings is 1. The summed E-state index contributed by atoms with van der Waals surface area (Å²) in [5.74, 6) is 0.341. The number of nitrogens with one attached hydrogen (secondary N) is 2. The lowest BCUT2D eigenvalue weighted by Gasteiger charge is -2.21. The van der Waals surface area contributed by atoms with E-state index in [0.29, 0.717) is 28.8 Å². The van der Waals surface area contributed by atoms with Gasteiger partial charge in [0.25, 0.3) is 5.91 Å². The van der Waals surface area contributed by atoms with Crippen molar-refractivity contribution >= 4 is 28.9 Å². The maximum atomic E-state index is 12.3. The number of halogens is 1. The van der Waals surface area contributed by atoms with Gasteiger partial charge < -0.3 is 15.4 Å². The molecule has 0 unspecified atom stereocenters. The molecular weight excluding hydrogens is 278 g/mol. The van der Waals surface area contributed by atoms with Gasteiger partial charge in [-0.05, 0) is 24.3 Å². The Bertz CT molecular complexity index is 643. The fourth-order valence-electron chi connectivity index (χ4n) is 2.00. The molecule has 1 aromatic heterocycles. The van der Waals surface area contributed by atoms with E-state index in [0.717, 1.165) is 12.2 Å². The molecule has 0 fully saturated rings. The Morgan fingerprint density at radius 2 is 2.25 bits per heavy atom. The van der Waals surface area contributed by atoms with Crippen molar-refractivity contribution in [2.45, 2.75) is 0 Å². The van der Waals surface area contributed by atoms with Gasteiger partial charge in [0.05, 0.1) is 23.1 Å². The highest BCUT2D eigenvalue weighted by atomic mass is 35.5. The Hall–Kier alpha value is -2.27. The molecule has 0 spiro atoms. The van der Waals surface area contributed by atoms with E-state index in [2.05, 4.69) is 15.6 Å². The van der Waals surface area contributed by atoms with Gasteiger partial charge in [0.15, 0.2) is 5.75 Å². The van der Waals surface area contributed by atoms with E-state index < -0.39 is 0 Å². The Kier molecular flexibility index (Phi) is 3.43. The van der Waals surface area contributed by atoms with Crippen molar-refractivity contribution < 1.29 is 9.53 Å². The van der Waals surface area contributed by atoms with Crippen molar-refractivity contribution in [3.8, 4) is 5.75 Å². The van der Waals surface area contributed by atoms with Gasteiger partial charge in [-0.3, -0.25) is 4.79 Å². The fraction of sp³-hybridized carbons (Fsp3) is 0.143. The Morgan fingerprint density at radius 1 is 1.35 bits per heavy atom. The molecule has 0 radical (unpaired) electrons. The summed E-state index contributed by atoms with van der Waals surface area (Å²) >= 11 is 5.71. The van der Waals surface area contributed by atoms with Gasteiger partial charge in [-0.15, -0.1) is 0 Å². The third-order valence-electron chi connectivity index (χ3n) is 2.91. The van der Waals surface area contributed by atoms with Crippen LogP contribution in [0.3, 0.4) is 0 Å². The van der Waals surface area contributed by atoms with Crippen molar-refractivity contribution in [2.24, 2.45) is 0 Å².